The Bertz CT molecular complexity index is 768. The molecule has 0 N–H and O–H groups in total. The second kappa shape index (κ2) is 7.91. The van der Waals surface area contributed by atoms with E-state index in [1.165, 1.54) is 5.56 Å². The Morgan fingerprint density at radius 3 is 2.85 bits per heavy atom. The molecule has 1 amide bonds. The SMILES string of the molecule is O=C(COc1ccccc1)N1CCSC(c2ccc3c(c2)OCO3)CC1. The quantitative estimate of drug-likeness (QED) is 0.823. The number of nitrogens with zero attached hydrogens (tertiary/aromatic N) is 1. The fourth-order valence-corrected chi connectivity index (χ4v) is 4.37. The summed E-state index contributed by atoms with van der Waals surface area (Å²) in [6, 6.07) is 15.6. The molecule has 26 heavy (non-hydrogen) atoms. The molecule has 1 unspecified atom stereocenters. The third-order valence-electron chi connectivity index (χ3n) is 4.57. The van der Waals surface area contributed by atoms with Crippen LogP contribution in [0.2, 0.25) is 0 Å². The number of hydrogen-bond donors (Lipinski definition) is 0. The predicted octanol–water partition coefficient (Wildman–Crippen LogP) is 3.50. The second-order valence-corrected chi connectivity index (χ2v) is 7.55. The topological polar surface area (TPSA) is 48.0 Å². The fraction of sp³-hybridized carbons (Fsp3) is 0.350. The molecule has 2 aliphatic rings. The molecule has 136 valence electrons. The first-order valence-corrected chi connectivity index (χ1v) is 9.81. The van der Waals surface area contributed by atoms with Crippen LogP contribution in [-0.2, 0) is 4.79 Å². The van der Waals surface area contributed by atoms with E-state index in [0.29, 0.717) is 12.0 Å². The van der Waals surface area contributed by atoms with Gasteiger partial charge in [0.1, 0.15) is 5.75 Å². The van der Waals surface area contributed by atoms with Crippen molar-refractivity contribution in [3.8, 4) is 17.2 Å². The van der Waals surface area contributed by atoms with Gasteiger partial charge in [-0.1, -0.05) is 24.3 Å². The molecule has 2 aliphatic heterocycles. The molecular weight excluding hydrogens is 350 g/mol. The number of benzene rings is 2. The Morgan fingerprint density at radius 1 is 1.12 bits per heavy atom. The van der Waals surface area contributed by atoms with Gasteiger partial charge in [-0.2, -0.15) is 11.8 Å². The third kappa shape index (κ3) is 3.90. The normalized spacial score (nSPS) is 19.1. The Balaban J connectivity index is 1.33. The van der Waals surface area contributed by atoms with E-state index >= 15 is 0 Å². The number of amides is 1. The third-order valence-corrected chi connectivity index (χ3v) is 5.90. The van der Waals surface area contributed by atoms with Gasteiger partial charge in [-0.25, -0.2) is 0 Å². The van der Waals surface area contributed by atoms with E-state index in [4.69, 9.17) is 14.2 Å². The molecule has 6 heteroatoms. The summed E-state index contributed by atoms with van der Waals surface area (Å²) in [5.41, 5.74) is 1.23. The highest BCUT2D eigenvalue weighted by molar-refractivity contribution is 7.99. The lowest BCUT2D eigenvalue weighted by molar-refractivity contribution is -0.133. The fourth-order valence-electron chi connectivity index (χ4n) is 3.15. The van der Waals surface area contributed by atoms with Crippen molar-refractivity contribution in [3.63, 3.8) is 0 Å². The Hall–Kier alpha value is -2.34. The molecule has 1 saturated heterocycles. The van der Waals surface area contributed by atoms with Gasteiger partial charge >= 0.3 is 0 Å². The maximum absolute atomic E-state index is 12.5. The van der Waals surface area contributed by atoms with E-state index in [0.717, 1.165) is 42.5 Å². The van der Waals surface area contributed by atoms with Gasteiger partial charge in [-0.3, -0.25) is 4.79 Å². The maximum Gasteiger partial charge on any atom is 0.260 e. The van der Waals surface area contributed by atoms with Crippen molar-refractivity contribution in [1.29, 1.82) is 0 Å². The summed E-state index contributed by atoms with van der Waals surface area (Å²) >= 11 is 1.89. The van der Waals surface area contributed by atoms with E-state index in [-0.39, 0.29) is 12.5 Å². The van der Waals surface area contributed by atoms with Crippen molar-refractivity contribution in [3.05, 3.63) is 54.1 Å². The van der Waals surface area contributed by atoms with Crippen LogP contribution in [0.3, 0.4) is 0 Å². The summed E-state index contributed by atoms with van der Waals surface area (Å²) in [5, 5.41) is 0.359. The number of carbonyl (C=O) groups is 1. The molecule has 0 aromatic heterocycles. The summed E-state index contributed by atoms with van der Waals surface area (Å²) in [6.45, 7) is 1.87. The minimum atomic E-state index is 0.0424. The largest absolute Gasteiger partial charge is 0.484 e. The van der Waals surface area contributed by atoms with Crippen LogP contribution in [0.1, 0.15) is 17.2 Å². The molecule has 2 aromatic rings. The molecule has 2 aromatic carbocycles. The number of para-hydroxylation sites is 1. The Kier molecular flexibility index (Phi) is 5.20. The number of rotatable bonds is 4. The number of hydrogen-bond acceptors (Lipinski definition) is 5. The molecule has 1 fully saturated rings. The van der Waals surface area contributed by atoms with Gasteiger partial charge in [-0.05, 0) is 36.2 Å². The van der Waals surface area contributed by atoms with Gasteiger partial charge in [0.25, 0.3) is 5.91 Å². The van der Waals surface area contributed by atoms with Crippen LogP contribution in [0.25, 0.3) is 0 Å². The average molecular weight is 371 g/mol. The van der Waals surface area contributed by atoms with E-state index in [1.54, 1.807) is 0 Å². The van der Waals surface area contributed by atoms with E-state index in [9.17, 15) is 4.79 Å². The van der Waals surface area contributed by atoms with Crippen molar-refractivity contribution in [1.82, 2.24) is 4.90 Å². The average Bonchev–Trinajstić information content (AvgIpc) is 3.01. The minimum absolute atomic E-state index is 0.0424. The molecule has 5 nitrogen and oxygen atoms in total. The molecule has 0 bridgehead atoms. The molecule has 1 atom stereocenters. The van der Waals surface area contributed by atoms with Gasteiger partial charge in [0.05, 0.1) is 0 Å². The highest BCUT2D eigenvalue weighted by Crippen LogP contribution is 2.40. The number of ether oxygens (including phenoxy) is 3. The molecule has 0 aliphatic carbocycles. The van der Waals surface area contributed by atoms with E-state index in [1.807, 2.05) is 53.1 Å². The molecule has 0 saturated carbocycles. The molecule has 2 heterocycles. The summed E-state index contributed by atoms with van der Waals surface area (Å²) in [7, 11) is 0. The van der Waals surface area contributed by atoms with Gasteiger partial charge in [0.15, 0.2) is 18.1 Å². The van der Waals surface area contributed by atoms with Gasteiger partial charge in [-0.15, -0.1) is 0 Å². The molecule has 0 radical (unpaired) electrons. The van der Waals surface area contributed by atoms with Gasteiger partial charge in [0, 0.05) is 24.1 Å². The Morgan fingerprint density at radius 2 is 1.96 bits per heavy atom. The van der Waals surface area contributed by atoms with Gasteiger partial charge < -0.3 is 19.1 Å². The maximum atomic E-state index is 12.5. The van der Waals surface area contributed by atoms with Crippen molar-refractivity contribution in [2.45, 2.75) is 11.7 Å². The van der Waals surface area contributed by atoms with Crippen molar-refractivity contribution < 1.29 is 19.0 Å². The number of carbonyl (C=O) groups excluding carboxylic acids is 1. The molecule has 0 spiro atoms. The first-order chi connectivity index (χ1) is 12.8. The molecular formula is C20H21NO4S. The van der Waals surface area contributed by atoms with E-state index < -0.39 is 0 Å². The van der Waals surface area contributed by atoms with E-state index in [2.05, 4.69) is 12.1 Å². The lowest BCUT2D eigenvalue weighted by atomic mass is 10.1. The lowest BCUT2D eigenvalue weighted by Gasteiger charge is -2.20. The molecule has 4 rings (SSSR count). The highest BCUT2D eigenvalue weighted by atomic mass is 32.2. The number of thioether (sulfide) groups is 1. The van der Waals surface area contributed by atoms with Crippen LogP contribution in [0.15, 0.2) is 48.5 Å². The number of fused-ring (bicyclic) bond motifs is 1. The van der Waals surface area contributed by atoms with Crippen LogP contribution in [0.4, 0.5) is 0 Å². The smallest absolute Gasteiger partial charge is 0.260 e. The standard InChI is InChI=1S/C20H21NO4S/c22-20(13-23-16-4-2-1-3-5-16)21-9-8-19(26-11-10-21)15-6-7-17-18(12-15)25-14-24-17/h1-7,12,19H,8-11,13-14H2. The van der Waals surface area contributed by atoms with Crippen LogP contribution in [-0.4, -0.2) is 43.0 Å². The zero-order valence-corrected chi connectivity index (χ0v) is 15.2. The van der Waals surface area contributed by atoms with Crippen LogP contribution in [0.5, 0.6) is 17.2 Å². The lowest BCUT2D eigenvalue weighted by Crippen LogP contribution is -2.36. The van der Waals surface area contributed by atoms with Crippen LogP contribution in [0, 0.1) is 0 Å². The summed E-state index contributed by atoms with van der Waals surface area (Å²) < 4.78 is 16.5. The van der Waals surface area contributed by atoms with Gasteiger partial charge in [0.2, 0.25) is 6.79 Å². The zero-order chi connectivity index (χ0) is 17.8. The summed E-state index contributed by atoms with van der Waals surface area (Å²) in [5.74, 6) is 3.30. The first kappa shape index (κ1) is 17.1. The second-order valence-electron chi connectivity index (χ2n) is 6.24. The van der Waals surface area contributed by atoms with Crippen LogP contribution >= 0.6 is 11.8 Å². The summed E-state index contributed by atoms with van der Waals surface area (Å²) in [6.07, 6.45) is 0.918. The predicted molar refractivity (Wildman–Crippen MR) is 101 cm³/mol. The monoisotopic (exact) mass is 371 g/mol. The Labute approximate surface area is 157 Å². The van der Waals surface area contributed by atoms with Crippen molar-refractivity contribution in [2.24, 2.45) is 0 Å². The minimum Gasteiger partial charge on any atom is -0.484 e. The van der Waals surface area contributed by atoms with Crippen LogP contribution < -0.4 is 14.2 Å². The zero-order valence-electron chi connectivity index (χ0n) is 14.4. The van der Waals surface area contributed by atoms with Crippen molar-refractivity contribution >= 4 is 17.7 Å². The van der Waals surface area contributed by atoms with Crippen molar-refractivity contribution in [2.75, 3.05) is 32.2 Å². The first-order valence-electron chi connectivity index (χ1n) is 8.76. The summed E-state index contributed by atoms with van der Waals surface area (Å²) in [4.78, 5) is 14.4. The highest BCUT2D eigenvalue weighted by Gasteiger charge is 2.24.